The molecule has 2 aromatic heterocycles. The van der Waals surface area contributed by atoms with Crippen LogP contribution in [0.4, 0.5) is 0 Å². The summed E-state index contributed by atoms with van der Waals surface area (Å²) in [6, 6.07) is 2.91. The van der Waals surface area contributed by atoms with E-state index in [1.54, 1.807) is 31.3 Å². The third kappa shape index (κ3) is 2.54. The largest absolute Gasteiger partial charge is 0.480 e. The average Bonchev–Trinajstić information content (AvgIpc) is 2.84. The van der Waals surface area contributed by atoms with E-state index in [1.165, 1.54) is 11.3 Å². The van der Waals surface area contributed by atoms with Gasteiger partial charge in [0.1, 0.15) is 6.04 Å². The van der Waals surface area contributed by atoms with Gasteiger partial charge in [-0.15, -0.1) is 22.7 Å². The monoisotopic (exact) mass is 283 g/mol. The minimum absolute atomic E-state index is 0.146. The van der Waals surface area contributed by atoms with Gasteiger partial charge in [0, 0.05) is 9.40 Å². The Labute approximate surface area is 112 Å². The lowest BCUT2D eigenvalue weighted by Crippen LogP contribution is -2.44. The van der Waals surface area contributed by atoms with Gasteiger partial charge in [0.25, 0.3) is 5.91 Å². The second kappa shape index (κ2) is 5.07. The summed E-state index contributed by atoms with van der Waals surface area (Å²) in [5.74, 6) is -1.46. The van der Waals surface area contributed by atoms with E-state index >= 15 is 0 Å². The molecule has 96 valence electrons. The number of carboxylic acids is 1. The number of nitrogens with one attached hydrogen (secondary N) is 1. The van der Waals surface area contributed by atoms with E-state index < -0.39 is 12.0 Å². The van der Waals surface area contributed by atoms with Gasteiger partial charge in [0.15, 0.2) is 0 Å². The van der Waals surface area contributed by atoms with Crippen LogP contribution < -0.4 is 5.32 Å². The number of carbonyl (C=O) groups is 2. The van der Waals surface area contributed by atoms with Crippen LogP contribution in [0.25, 0.3) is 9.40 Å². The first-order chi connectivity index (χ1) is 8.49. The van der Waals surface area contributed by atoms with E-state index in [4.69, 9.17) is 5.11 Å². The predicted octanol–water partition coefficient (Wildman–Crippen LogP) is 2.80. The van der Waals surface area contributed by atoms with Gasteiger partial charge < -0.3 is 10.4 Å². The highest BCUT2D eigenvalue weighted by molar-refractivity contribution is 7.27. The molecule has 0 aromatic carbocycles. The highest BCUT2D eigenvalue weighted by Gasteiger charge is 2.24. The van der Waals surface area contributed by atoms with E-state index in [1.807, 2.05) is 11.4 Å². The molecule has 0 aliphatic heterocycles. The average molecular weight is 283 g/mol. The third-order valence-corrected chi connectivity index (χ3v) is 4.67. The van der Waals surface area contributed by atoms with Gasteiger partial charge in [-0.1, -0.05) is 13.8 Å². The van der Waals surface area contributed by atoms with Crippen LogP contribution in [0, 0.1) is 5.92 Å². The van der Waals surface area contributed by atoms with Gasteiger partial charge in [-0.25, -0.2) is 4.79 Å². The highest BCUT2D eigenvalue weighted by atomic mass is 32.1. The number of carboxylic acid groups (broad SMARTS) is 1. The summed E-state index contributed by atoms with van der Waals surface area (Å²) in [6.07, 6.45) is 0. The van der Waals surface area contributed by atoms with E-state index in [9.17, 15) is 9.59 Å². The van der Waals surface area contributed by atoms with E-state index in [-0.39, 0.29) is 11.8 Å². The topological polar surface area (TPSA) is 66.4 Å². The van der Waals surface area contributed by atoms with Gasteiger partial charge >= 0.3 is 5.97 Å². The summed E-state index contributed by atoms with van der Waals surface area (Å²) in [5.41, 5.74) is 0. The van der Waals surface area contributed by atoms with Crippen LogP contribution in [0.15, 0.2) is 17.5 Å². The maximum Gasteiger partial charge on any atom is 0.326 e. The van der Waals surface area contributed by atoms with Gasteiger partial charge in [0.2, 0.25) is 0 Å². The molecule has 0 fully saturated rings. The second-order valence-electron chi connectivity index (χ2n) is 4.29. The van der Waals surface area contributed by atoms with Crippen LogP contribution >= 0.6 is 22.7 Å². The Kier molecular flexibility index (Phi) is 3.68. The third-order valence-electron chi connectivity index (χ3n) is 2.58. The number of hydrogen-bond donors (Lipinski definition) is 2. The fourth-order valence-electron chi connectivity index (χ4n) is 1.60. The molecule has 1 amide bonds. The molecular formula is C12H13NO3S2. The van der Waals surface area contributed by atoms with Crippen molar-refractivity contribution in [2.75, 3.05) is 0 Å². The van der Waals surface area contributed by atoms with Crippen molar-refractivity contribution in [3.8, 4) is 0 Å². The van der Waals surface area contributed by atoms with Crippen molar-refractivity contribution < 1.29 is 14.7 Å². The van der Waals surface area contributed by atoms with Gasteiger partial charge in [-0.2, -0.15) is 0 Å². The molecule has 6 heteroatoms. The van der Waals surface area contributed by atoms with Crippen molar-refractivity contribution in [3.63, 3.8) is 0 Å². The zero-order valence-electron chi connectivity index (χ0n) is 9.97. The number of thiophene rings is 2. The summed E-state index contributed by atoms with van der Waals surface area (Å²) in [4.78, 5) is 23.6. The molecule has 0 spiro atoms. The van der Waals surface area contributed by atoms with Crippen molar-refractivity contribution in [3.05, 3.63) is 22.4 Å². The molecule has 0 saturated heterocycles. The Morgan fingerprint density at radius 1 is 1.33 bits per heavy atom. The summed E-state index contributed by atoms with van der Waals surface area (Å²) in [5, 5.41) is 13.6. The minimum atomic E-state index is -1.00. The fraction of sp³-hybridized carbons (Fsp3) is 0.333. The van der Waals surface area contributed by atoms with Crippen molar-refractivity contribution in [2.45, 2.75) is 19.9 Å². The smallest absolute Gasteiger partial charge is 0.326 e. The number of hydrogen-bond acceptors (Lipinski definition) is 4. The number of amides is 1. The first-order valence-electron chi connectivity index (χ1n) is 5.49. The Bertz CT molecular complexity index is 556. The molecule has 0 radical (unpaired) electrons. The second-order valence-corrected chi connectivity index (χ2v) is 6.32. The molecule has 2 aromatic rings. The van der Waals surface area contributed by atoms with Crippen molar-refractivity contribution >= 4 is 43.9 Å². The van der Waals surface area contributed by atoms with Crippen LogP contribution in [0.1, 0.15) is 23.5 Å². The van der Waals surface area contributed by atoms with Crippen LogP contribution in [0.3, 0.4) is 0 Å². The van der Waals surface area contributed by atoms with E-state index in [2.05, 4.69) is 5.32 Å². The van der Waals surface area contributed by atoms with Crippen LogP contribution in [0.2, 0.25) is 0 Å². The summed E-state index contributed by atoms with van der Waals surface area (Å²) >= 11 is 2.95. The lowest BCUT2D eigenvalue weighted by atomic mass is 10.0. The lowest BCUT2D eigenvalue weighted by molar-refractivity contribution is -0.140. The number of fused-ring (bicyclic) bond motifs is 1. The summed E-state index contributed by atoms with van der Waals surface area (Å²) < 4.78 is 2.11. The Balaban J connectivity index is 2.16. The molecule has 0 unspecified atom stereocenters. The van der Waals surface area contributed by atoms with Crippen LogP contribution in [-0.2, 0) is 4.79 Å². The van der Waals surface area contributed by atoms with Crippen molar-refractivity contribution in [1.82, 2.24) is 5.32 Å². The molecule has 0 saturated carbocycles. The molecule has 2 heterocycles. The zero-order chi connectivity index (χ0) is 13.3. The molecule has 0 aliphatic carbocycles. The maximum atomic E-state index is 12.0. The summed E-state index contributed by atoms with van der Waals surface area (Å²) in [6.45, 7) is 3.54. The molecule has 0 bridgehead atoms. The highest BCUT2D eigenvalue weighted by Crippen LogP contribution is 2.29. The van der Waals surface area contributed by atoms with E-state index in [0.717, 1.165) is 9.40 Å². The molecule has 1 atom stereocenters. The molecule has 4 nitrogen and oxygen atoms in total. The Hall–Kier alpha value is -1.40. The zero-order valence-corrected chi connectivity index (χ0v) is 11.6. The standard InChI is InChI=1S/C12H13NO3S2/c1-6(2)10(12(15)16)13-11(14)9-5-8-7(18-9)3-4-17-8/h3-6,10H,1-2H3,(H,13,14)(H,15,16)/t10-/m1/s1. The SMILES string of the molecule is CC(C)[C@@H](NC(=O)c1cc2sccc2s1)C(=O)O. The van der Waals surface area contributed by atoms with Crippen molar-refractivity contribution in [1.29, 1.82) is 0 Å². The molecule has 2 rings (SSSR count). The van der Waals surface area contributed by atoms with Gasteiger partial charge in [-0.05, 0) is 23.4 Å². The normalized spacial score (nSPS) is 12.8. The molecular weight excluding hydrogens is 270 g/mol. The first-order valence-corrected chi connectivity index (χ1v) is 7.19. The summed E-state index contributed by atoms with van der Waals surface area (Å²) in [7, 11) is 0. The molecule has 2 N–H and O–H groups in total. The van der Waals surface area contributed by atoms with Crippen molar-refractivity contribution in [2.24, 2.45) is 5.92 Å². The van der Waals surface area contributed by atoms with Gasteiger partial charge in [-0.3, -0.25) is 4.79 Å². The predicted molar refractivity (Wildman–Crippen MR) is 73.4 cm³/mol. The Morgan fingerprint density at radius 2 is 2.06 bits per heavy atom. The molecule has 18 heavy (non-hydrogen) atoms. The minimum Gasteiger partial charge on any atom is -0.480 e. The number of rotatable bonds is 4. The quantitative estimate of drug-likeness (QED) is 0.906. The van der Waals surface area contributed by atoms with Crippen LogP contribution in [0.5, 0.6) is 0 Å². The molecule has 0 aliphatic rings. The lowest BCUT2D eigenvalue weighted by Gasteiger charge is -2.17. The van der Waals surface area contributed by atoms with Crippen LogP contribution in [-0.4, -0.2) is 23.0 Å². The Morgan fingerprint density at radius 3 is 2.61 bits per heavy atom. The first kappa shape index (κ1) is 13.0. The maximum absolute atomic E-state index is 12.0. The number of aliphatic carboxylic acids is 1. The van der Waals surface area contributed by atoms with E-state index in [0.29, 0.717) is 4.88 Å². The van der Waals surface area contributed by atoms with Gasteiger partial charge in [0.05, 0.1) is 4.88 Å². The number of carbonyl (C=O) groups excluding carboxylic acids is 1. The fourth-order valence-corrected chi connectivity index (χ4v) is 3.62.